The van der Waals surface area contributed by atoms with Crippen molar-refractivity contribution in [3.05, 3.63) is 29.3 Å². The Balaban J connectivity index is 3.46. The van der Waals surface area contributed by atoms with Crippen LogP contribution in [0, 0.1) is 0 Å². The molecular weight excluding hydrogens is 264 g/mol. The molecule has 0 saturated heterocycles. The SMILES string of the molecule is CCOS(=O)(=O)c1ccc(C(=O)O)cc1C(=O)O. The third-order valence-corrected chi connectivity index (χ3v) is 3.44. The summed E-state index contributed by atoms with van der Waals surface area (Å²) in [5, 5.41) is 17.6. The zero-order valence-electron chi connectivity index (χ0n) is 9.28. The van der Waals surface area contributed by atoms with Crippen LogP contribution in [0.3, 0.4) is 0 Å². The fourth-order valence-corrected chi connectivity index (χ4v) is 2.35. The van der Waals surface area contributed by atoms with Crippen LogP contribution in [0.25, 0.3) is 0 Å². The highest BCUT2D eigenvalue weighted by molar-refractivity contribution is 7.86. The van der Waals surface area contributed by atoms with Gasteiger partial charge in [0.05, 0.1) is 17.7 Å². The van der Waals surface area contributed by atoms with Gasteiger partial charge in [0.15, 0.2) is 0 Å². The largest absolute Gasteiger partial charge is 0.478 e. The van der Waals surface area contributed by atoms with Crippen LogP contribution < -0.4 is 0 Å². The molecule has 0 unspecified atom stereocenters. The Labute approximate surface area is 103 Å². The molecule has 0 aliphatic carbocycles. The highest BCUT2D eigenvalue weighted by atomic mass is 32.2. The zero-order valence-corrected chi connectivity index (χ0v) is 10.1. The minimum Gasteiger partial charge on any atom is -0.478 e. The highest BCUT2D eigenvalue weighted by Crippen LogP contribution is 2.20. The lowest BCUT2D eigenvalue weighted by Crippen LogP contribution is -2.13. The maximum absolute atomic E-state index is 11.6. The maximum atomic E-state index is 11.6. The number of hydrogen-bond donors (Lipinski definition) is 2. The van der Waals surface area contributed by atoms with Crippen molar-refractivity contribution in [1.29, 1.82) is 0 Å². The fraction of sp³-hybridized carbons (Fsp3) is 0.200. The van der Waals surface area contributed by atoms with Crippen molar-refractivity contribution in [3.63, 3.8) is 0 Å². The van der Waals surface area contributed by atoms with E-state index in [4.69, 9.17) is 10.2 Å². The second-order valence-electron chi connectivity index (χ2n) is 3.18. The molecular formula is C10H10O7S. The summed E-state index contributed by atoms with van der Waals surface area (Å²) in [5.74, 6) is -2.89. The summed E-state index contributed by atoms with van der Waals surface area (Å²) in [6, 6.07) is 2.68. The number of carbonyl (C=O) groups is 2. The number of benzene rings is 1. The van der Waals surface area contributed by atoms with Gasteiger partial charge in [-0.25, -0.2) is 9.59 Å². The summed E-state index contributed by atoms with van der Waals surface area (Å²) in [4.78, 5) is 21.1. The summed E-state index contributed by atoms with van der Waals surface area (Å²) >= 11 is 0. The van der Waals surface area contributed by atoms with Crippen LogP contribution >= 0.6 is 0 Å². The summed E-state index contributed by atoms with van der Waals surface area (Å²) in [7, 11) is -4.20. The van der Waals surface area contributed by atoms with Crippen LogP contribution in [0.1, 0.15) is 27.6 Å². The topological polar surface area (TPSA) is 118 Å². The van der Waals surface area contributed by atoms with Crippen molar-refractivity contribution in [1.82, 2.24) is 0 Å². The summed E-state index contributed by atoms with van der Waals surface area (Å²) in [5.41, 5.74) is -0.953. The molecule has 0 aromatic heterocycles. The summed E-state index contributed by atoms with van der Waals surface area (Å²) in [6.07, 6.45) is 0. The molecule has 7 nitrogen and oxygen atoms in total. The van der Waals surface area contributed by atoms with Gasteiger partial charge in [-0.1, -0.05) is 0 Å². The molecule has 0 spiro atoms. The Bertz CT molecular complexity index is 588. The molecule has 2 N–H and O–H groups in total. The van der Waals surface area contributed by atoms with Gasteiger partial charge >= 0.3 is 11.9 Å². The Kier molecular flexibility index (Phi) is 4.04. The van der Waals surface area contributed by atoms with Gasteiger partial charge in [-0.2, -0.15) is 8.42 Å². The van der Waals surface area contributed by atoms with Crippen LogP contribution in [0.2, 0.25) is 0 Å². The van der Waals surface area contributed by atoms with Gasteiger partial charge in [0.25, 0.3) is 10.1 Å². The van der Waals surface area contributed by atoms with Crippen LogP contribution in [0.15, 0.2) is 23.1 Å². The quantitative estimate of drug-likeness (QED) is 0.762. The molecule has 0 atom stereocenters. The van der Waals surface area contributed by atoms with Crippen molar-refractivity contribution in [2.75, 3.05) is 6.61 Å². The molecule has 0 bridgehead atoms. The van der Waals surface area contributed by atoms with Gasteiger partial charge in [-0.05, 0) is 25.1 Å². The van der Waals surface area contributed by atoms with Crippen molar-refractivity contribution in [3.8, 4) is 0 Å². The van der Waals surface area contributed by atoms with E-state index in [1.807, 2.05) is 0 Å². The van der Waals surface area contributed by atoms with E-state index >= 15 is 0 Å². The molecule has 0 radical (unpaired) electrons. The van der Waals surface area contributed by atoms with Gasteiger partial charge < -0.3 is 10.2 Å². The molecule has 1 rings (SSSR count). The smallest absolute Gasteiger partial charge is 0.337 e. The van der Waals surface area contributed by atoms with Crippen molar-refractivity contribution in [2.45, 2.75) is 11.8 Å². The monoisotopic (exact) mass is 274 g/mol. The molecule has 1 aromatic rings. The lowest BCUT2D eigenvalue weighted by atomic mass is 10.1. The molecule has 0 amide bonds. The molecule has 8 heteroatoms. The van der Waals surface area contributed by atoms with E-state index in [1.54, 1.807) is 0 Å². The van der Waals surface area contributed by atoms with Gasteiger partial charge in [-0.15, -0.1) is 0 Å². The first-order chi connectivity index (χ1) is 8.29. The van der Waals surface area contributed by atoms with E-state index in [-0.39, 0.29) is 12.2 Å². The number of aromatic carboxylic acids is 2. The number of carboxylic acids is 2. The lowest BCUT2D eigenvalue weighted by Gasteiger charge is -2.07. The second-order valence-corrected chi connectivity index (χ2v) is 4.77. The van der Waals surface area contributed by atoms with E-state index in [2.05, 4.69) is 4.18 Å². The first-order valence-corrected chi connectivity index (χ1v) is 6.20. The van der Waals surface area contributed by atoms with Crippen molar-refractivity contribution in [2.24, 2.45) is 0 Å². The van der Waals surface area contributed by atoms with Gasteiger partial charge in [0.2, 0.25) is 0 Å². The van der Waals surface area contributed by atoms with Crippen LogP contribution in [0.4, 0.5) is 0 Å². The number of carboxylic acid groups (broad SMARTS) is 2. The predicted octanol–water partition coefficient (Wildman–Crippen LogP) is 0.808. The molecule has 0 saturated carbocycles. The minimum atomic E-state index is -4.20. The fourth-order valence-electron chi connectivity index (χ4n) is 1.27. The van der Waals surface area contributed by atoms with E-state index < -0.39 is 32.5 Å². The number of hydrogen-bond acceptors (Lipinski definition) is 5. The normalized spacial score (nSPS) is 11.2. The summed E-state index contributed by atoms with van der Waals surface area (Å²) < 4.78 is 27.7. The Morgan fingerprint density at radius 2 is 1.83 bits per heavy atom. The third kappa shape index (κ3) is 2.84. The minimum absolute atomic E-state index is 0.151. The Morgan fingerprint density at radius 3 is 2.28 bits per heavy atom. The highest BCUT2D eigenvalue weighted by Gasteiger charge is 2.24. The van der Waals surface area contributed by atoms with Crippen LogP contribution in [-0.2, 0) is 14.3 Å². The Morgan fingerprint density at radius 1 is 1.22 bits per heavy atom. The number of rotatable bonds is 5. The second kappa shape index (κ2) is 5.15. The standard InChI is InChI=1S/C10H10O7S/c1-2-17-18(15,16)8-4-3-6(9(11)12)5-7(8)10(13)14/h3-5H,2H2,1H3,(H,11,12)(H,13,14). The molecule has 1 aromatic carbocycles. The summed E-state index contributed by atoms with van der Waals surface area (Å²) in [6.45, 7) is 1.28. The van der Waals surface area contributed by atoms with E-state index in [9.17, 15) is 18.0 Å². The van der Waals surface area contributed by atoms with E-state index in [1.165, 1.54) is 6.92 Å². The molecule has 0 aliphatic heterocycles. The average molecular weight is 274 g/mol. The average Bonchev–Trinajstić information content (AvgIpc) is 2.27. The first kappa shape index (κ1) is 14.1. The third-order valence-electron chi connectivity index (χ3n) is 2.00. The molecule has 0 heterocycles. The van der Waals surface area contributed by atoms with Gasteiger partial charge in [-0.3, -0.25) is 4.18 Å². The van der Waals surface area contributed by atoms with Crippen LogP contribution in [0.5, 0.6) is 0 Å². The molecule has 0 fully saturated rings. The molecule has 0 aliphatic rings. The van der Waals surface area contributed by atoms with Gasteiger partial charge in [0.1, 0.15) is 4.90 Å². The van der Waals surface area contributed by atoms with E-state index in [0.717, 1.165) is 18.2 Å². The van der Waals surface area contributed by atoms with Crippen molar-refractivity contribution < 1.29 is 32.4 Å². The lowest BCUT2D eigenvalue weighted by molar-refractivity contribution is 0.0692. The molecule has 98 valence electrons. The molecule has 18 heavy (non-hydrogen) atoms. The first-order valence-electron chi connectivity index (χ1n) is 4.79. The van der Waals surface area contributed by atoms with Crippen molar-refractivity contribution >= 4 is 22.1 Å². The zero-order chi connectivity index (χ0) is 13.9. The Hall–Kier alpha value is -1.93. The maximum Gasteiger partial charge on any atom is 0.337 e. The van der Waals surface area contributed by atoms with E-state index in [0.29, 0.717) is 0 Å². The van der Waals surface area contributed by atoms with Crippen LogP contribution in [-0.4, -0.2) is 37.2 Å². The predicted molar refractivity (Wildman–Crippen MR) is 59.2 cm³/mol. The van der Waals surface area contributed by atoms with Gasteiger partial charge in [0, 0.05) is 0 Å².